The third-order valence-electron chi connectivity index (χ3n) is 2.42. The van der Waals surface area contributed by atoms with Crippen molar-refractivity contribution in [2.24, 2.45) is 0 Å². The summed E-state index contributed by atoms with van der Waals surface area (Å²) in [4.78, 5) is 0. The fourth-order valence-corrected chi connectivity index (χ4v) is 1.77. The molecule has 0 aliphatic heterocycles. The molecule has 1 unspecified atom stereocenters. The van der Waals surface area contributed by atoms with Crippen molar-refractivity contribution in [2.45, 2.75) is 12.0 Å². The van der Waals surface area contributed by atoms with Gasteiger partial charge in [0.2, 0.25) is 0 Å². The molecule has 0 radical (unpaired) electrons. The first-order valence-electron chi connectivity index (χ1n) is 5.32. The Hall–Kier alpha value is -1.31. The van der Waals surface area contributed by atoms with Crippen LogP contribution in [-0.2, 0) is 6.54 Å². The summed E-state index contributed by atoms with van der Waals surface area (Å²) in [6, 6.07) is 20.3. The molecule has 0 spiro atoms. The van der Waals surface area contributed by atoms with Gasteiger partial charge in [-0.1, -0.05) is 60.7 Å². The summed E-state index contributed by atoms with van der Waals surface area (Å²) < 4.78 is 0. The van der Waals surface area contributed by atoms with Crippen molar-refractivity contribution in [3.63, 3.8) is 0 Å². The lowest BCUT2D eigenvalue weighted by molar-refractivity contribution is 0.669. The van der Waals surface area contributed by atoms with Crippen LogP contribution in [0.3, 0.4) is 0 Å². The number of alkyl halides is 1. The average molecular weight is 232 g/mol. The molecule has 0 aromatic heterocycles. The number of rotatable bonds is 4. The summed E-state index contributed by atoms with van der Waals surface area (Å²) in [5.74, 6) is 0. The van der Waals surface area contributed by atoms with E-state index in [0.717, 1.165) is 12.1 Å². The maximum atomic E-state index is 6.25. The highest BCUT2D eigenvalue weighted by Crippen LogP contribution is 2.17. The molecule has 2 rings (SSSR count). The first-order valence-corrected chi connectivity index (χ1v) is 5.76. The number of benzene rings is 2. The van der Waals surface area contributed by atoms with E-state index >= 15 is 0 Å². The van der Waals surface area contributed by atoms with Crippen molar-refractivity contribution in [3.8, 4) is 0 Å². The van der Waals surface area contributed by atoms with E-state index in [1.807, 2.05) is 48.5 Å². The molecule has 82 valence electrons. The summed E-state index contributed by atoms with van der Waals surface area (Å²) in [6.45, 7) is 0.782. The first-order chi connectivity index (χ1) is 7.86. The Morgan fingerprint density at radius 1 is 0.875 bits per heavy atom. The van der Waals surface area contributed by atoms with Gasteiger partial charge in [0.1, 0.15) is 5.50 Å². The van der Waals surface area contributed by atoms with Crippen LogP contribution in [-0.4, -0.2) is 0 Å². The van der Waals surface area contributed by atoms with Crippen LogP contribution in [0.2, 0.25) is 0 Å². The molecule has 1 N–H and O–H groups in total. The smallest absolute Gasteiger partial charge is 0.108 e. The highest BCUT2D eigenvalue weighted by atomic mass is 35.5. The van der Waals surface area contributed by atoms with E-state index in [-0.39, 0.29) is 5.50 Å². The van der Waals surface area contributed by atoms with E-state index in [1.165, 1.54) is 5.56 Å². The van der Waals surface area contributed by atoms with Gasteiger partial charge in [0.25, 0.3) is 0 Å². The van der Waals surface area contributed by atoms with Crippen molar-refractivity contribution >= 4 is 11.6 Å². The molecule has 0 aliphatic carbocycles. The lowest BCUT2D eigenvalue weighted by Gasteiger charge is -2.11. The fraction of sp³-hybridized carbons (Fsp3) is 0.143. The SMILES string of the molecule is ClC(NCc1ccccc1)c1ccccc1. The van der Waals surface area contributed by atoms with Crippen LogP contribution in [0.25, 0.3) is 0 Å². The highest BCUT2D eigenvalue weighted by molar-refractivity contribution is 6.20. The second-order valence-corrected chi connectivity index (χ2v) is 4.08. The normalized spacial score (nSPS) is 12.3. The Morgan fingerprint density at radius 2 is 1.44 bits per heavy atom. The van der Waals surface area contributed by atoms with Gasteiger partial charge < -0.3 is 0 Å². The number of halogens is 1. The van der Waals surface area contributed by atoms with E-state index in [4.69, 9.17) is 11.6 Å². The van der Waals surface area contributed by atoms with Crippen molar-refractivity contribution < 1.29 is 0 Å². The van der Waals surface area contributed by atoms with E-state index in [1.54, 1.807) is 0 Å². The minimum atomic E-state index is -0.138. The maximum Gasteiger partial charge on any atom is 0.108 e. The van der Waals surface area contributed by atoms with Gasteiger partial charge in [-0.15, -0.1) is 11.6 Å². The zero-order valence-electron chi connectivity index (χ0n) is 8.94. The van der Waals surface area contributed by atoms with Crippen LogP contribution in [0, 0.1) is 0 Å². The predicted molar refractivity (Wildman–Crippen MR) is 68.3 cm³/mol. The Morgan fingerprint density at radius 3 is 2.06 bits per heavy atom. The van der Waals surface area contributed by atoms with E-state index in [0.29, 0.717) is 0 Å². The van der Waals surface area contributed by atoms with Gasteiger partial charge in [-0.3, -0.25) is 5.32 Å². The largest absolute Gasteiger partial charge is 0.293 e. The zero-order chi connectivity index (χ0) is 11.2. The molecule has 1 atom stereocenters. The molecular weight excluding hydrogens is 218 g/mol. The molecule has 0 saturated heterocycles. The lowest BCUT2D eigenvalue weighted by atomic mass is 10.2. The quantitative estimate of drug-likeness (QED) is 0.625. The van der Waals surface area contributed by atoms with Gasteiger partial charge in [0.05, 0.1) is 0 Å². The van der Waals surface area contributed by atoms with Crippen LogP contribution in [0.1, 0.15) is 16.6 Å². The Labute approximate surface area is 101 Å². The molecule has 2 aromatic rings. The van der Waals surface area contributed by atoms with E-state index in [9.17, 15) is 0 Å². The van der Waals surface area contributed by atoms with E-state index in [2.05, 4.69) is 17.4 Å². The molecule has 0 heterocycles. The van der Waals surface area contributed by atoms with E-state index < -0.39 is 0 Å². The van der Waals surface area contributed by atoms with Crippen LogP contribution < -0.4 is 5.32 Å². The minimum absolute atomic E-state index is 0.138. The van der Waals surface area contributed by atoms with Crippen LogP contribution >= 0.6 is 11.6 Å². The molecule has 0 bridgehead atoms. The number of nitrogens with one attached hydrogen (secondary N) is 1. The molecule has 16 heavy (non-hydrogen) atoms. The summed E-state index contributed by atoms with van der Waals surface area (Å²) in [5, 5.41) is 3.28. The highest BCUT2D eigenvalue weighted by Gasteiger charge is 2.05. The topological polar surface area (TPSA) is 12.0 Å². The van der Waals surface area contributed by atoms with Gasteiger partial charge in [0, 0.05) is 6.54 Å². The monoisotopic (exact) mass is 231 g/mol. The average Bonchev–Trinajstić information content (AvgIpc) is 2.38. The molecule has 2 heteroatoms. The summed E-state index contributed by atoms with van der Waals surface area (Å²) in [6.07, 6.45) is 0. The molecule has 2 aromatic carbocycles. The third-order valence-corrected chi connectivity index (χ3v) is 2.83. The van der Waals surface area contributed by atoms with Crippen LogP contribution in [0.4, 0.5) is 0 Å². The Kier molecular flexibility index (Phi) is 3.97. The van der Waals surface area contributed by atoms with Crippen molar-refractivity contribution in [1.82, 2.24) is 5.32 Å². The zero-order valence-corrected chi connectivity index (χ0v) is 9.69. The Balaban J connectivity index is 1.92. The van der Waals surface area contributed by atoms with Crippen LogP contribution in [0.5, 0.6) is 0 Å². The molecule has 0 saturated carbocycles. The number of hydrogen-bond acceptors (Lipinski definition) is 1. The molecule has 0 fully saturated rings. The fourth-order valence-electron chi connectivity index (χ4n) is 1.54. The van der Waals surface area contributed by atoms with Gasteiger partial charge in [-0.2, -0.15) is 0 Å². The van der Waals surface area contributed by atoms with Crippen molar-refractivity contribution in [3.05, 3.63) is 71.8 Å². The molecule has 1 nitrogen and oxygen atoms in total. The maximum absolute atomic E-state index is 6.25. The molecular formula is C14H14ClN. The third kappa shape index (κ3) is 3.09. The van der Waals surface area contributed by atoms with Crippen molar-refractivity contribution in [2.75, 3.05) is 0 Å². The minimum Gasteiger partial charge on any atom is -0.293 e. The lowest BCUT2D eigenvalue weighted by Crippen LogP contribution is -2.15. The number of hydrogen-bond donors (Lipinski definition) is 1. The van der Waals surface area contributed by atoms with Gasteiger partial charge >= 0.3 is 0 Å². The van der Waals surface area contributed by atoms with Gasteiger partial charge in [-0.25, -0.2) is 0 Å². The second kappa shape index (κ2) is 5.69. The second-order valence-electron chi connectivity index (χ2n) is 3.64. The summed E-state index contributed by atoms with van der Waals surface area (Å²) in [7, 11) is 0. The molecule has 0 amide bonds. The van der Waals surface area contributed by atoms with Crippen molar-refractivity contribution in [1.29, 1.82) is 0 Å². The summed E-state index contributed by atoms with van der Waals surface area (Å²) in [5.41, 5.74) is 2.20. The standard InChI is InChI=1S/C14H14ClN/c15-14(13-9-5-2-6-10-13)16-11-12-7-3-1-4-8-12/h1-10,14,16H,11H2. The first kappa shape index (κ1) is 11.2. The van der Waals surface area contributed by atoms with Crippen LogP contribution in [0.15, 0.2) is 60.7 Å². The van der Waals surface area contributed by atoms with Gasteiger partial charge in [0.15, 0.2) is 0 Å². The molecule has 0 aliphatic rings. The predicted octanol–water partition coefficient (Wildman–Crippen LogP) is 3.71. The Bertz CT molecular complexity index is 413. The van der Waals surface area contributed by atoms with Gasteiger partial charge in [-0.05, 0) is 11.1 Å². The summed E-state index contributed by atoms with van der Waals surface area (Å²) >= 11 is 6.25.